The molecule has 0 saturated heterocycles. The lowest BCUT2D eigenvalue weighted by atomic mass is 9.86. The first-order chi connectivity index (χ1) is 13.3. The number of carbonyl (C=O) groups excluding carboxylic acids is 1. The van der Waals surface area contributed by atoms with Crippen LogP contribution >= 0.6 is 0 Å². The van der Waals surface area contributed by atoms with Gasteiger partial charge in [0.2, 0.25) is 0 Å². The first kappa shape index (κ1) is 19.8. The number of halogens is 1. The second-order valence-corrected chi connectivity index (χ2v) is 8.07. The van der Waals surface area contributed by atoms with Gasteiger partial charge in [0.15, 0.2) is 5.78 Å². The van der Waals surface area contributed by atoms with Gasteiger partial charge in [0, 0.05) is 17.7 Å². The number of Topliss-reactive ketones (excluding diaryl/α,β-unsaturated/α-hetero) is 1. The van der Waals surface area contributed by atoms with E-state index in [0.717, 1.165) is 11.3 Å². The molecule has 0 fully saturated rings. The lowest BCUT2D eigenvalue weighted by molar-refractivity contribution is 0.0976. The molecule has 144 valence electrons. The molecule has 0 spiro atoms. The fraction of sp³-hybridized carbons (Fsp3) is 0.240. The van der Waals surface area contributed by atoms with Gasteiger partial charge in [-0.2, -0.15) is 0 Å². The van der Waals surface area contributed by atoms with Crippen molar-refractivity contribution in [1.82, 2.24) is 0 Å². The van der Waals surface area contributed by atoms with E-state index in [1.807, 2.05) is 54.6 Å². The van der Waals surface area contributed by atoms with E-state index in [4.69, 9.17) is 0 Å². The molecule has 0 unspecified atom stereocenters. The lowest BCUT2D eigenvalue weighted by Gasteiger charge is -2.21. The van der Waals surface area contributed by atoms with E-state index in [1.54, 1.807) is 12.1 Å². The molecule has 0 bridgehead atoms. The van der Waals surface area contributed by atoms with Crippen LogP contribution < -0.4 is 5.32 Å². The van der Waals surface area contributed by atoms with Gasteiger partial charge in [-0.15, -0.1) is 0 Å². The number of carbonyl (C=O) groups is 1. The zero-order valence-electron chi connectivity index (χ0n) is 16.6. The van der Waals surface area contributed by atoms with Crippen molar-refractivity contribution in [1.29, 1.82) is 0 Å². The Hall–Kier alpha value is -2.94. The Bertz CT molecular complexity index is 910. The Morgan fingerprint density at radius 1 is 0.893 bits per heavy atom. The van der Waals surface area contributed by atoms with Crippen molar-refractivity contribution in [2.75, 3.05) is 5.32 Å². The van der Waals surface area contributed by atoms with Crippen LogP contribution in [0.25, 0.3) is 0 Å². The van der Waals surface area contributed by atoms with Crippen molar-refractivity contribution < 1.29 is 9.18 Å². The van der Waals surface area contributed by atoms with Crippen LogP contribution in [-0.2, 0) is 5.41 Å². The van der Waals surface area contributed by atoms with Crippen LogP contribution in [0.5, 0.6) is 0 Å². The van der Waals surface area contributed by atoms with Gasteiger partial charge in [0.1, 0.15) is 5.82 Å². The molecule has 0 amide bonds. The second kappa shape index (κ2) is 8.39. The third-order valence-corrected chi connectivity index (χ3v) is 4.85. The summed E-state index contributed by atoms with van der Waals surface area (Å²) in [5.74, 6) is -0.208. The summed E-state index contributed by atoms with van der Waals surface area (Å²) in [5.41, 5.74) is 3.76. The van der Waals surface area contributed by atoms with E-state index in [1.165, 1.54) is 17.7 Å². The number of hydrogen-bond acceptors (Lipinski definition) is 2. The lowest BCUT2D eigenvalue weighted by Crippen LogP contribution is -2.16. The van der Waals surface area contributed by atoms with Crippen LogP contribution in [0.3, 0.4) is 0 Å². The molecule has 0 saturated carbocycles. The fourth-order valence-electron chi connectivity index (χ4n) is 3.14. The summed E-state index contributed by atoms with van der Waals surface area (Å²) in [6.45, 7) is 6.46. The monoisotopic (exact) mass is 375 g/mol. The topological polar surface area (TPSA) is 29.1 Å². The fourth-order valence-corrected chi connectivity index (χ4v) is 3.14. The second-order valence-electron chi connectivity index (χ2n) is 8.07. The van der Waals surface area contributed by atoms with Gasteiger partial charge in [-0.1, -0.05) is 75.4 Å². The zero-order valence-corrected chi connectivity index (χ0v) is 16.6. The standard InChI is InChI=1S/C25H26FNO/c1-25(2,3)20-11-9-19(10-12-20)24(28)17-23(18-7-5-4-6-8-18)27-22-15-13-21(26)14-16-22/h4-16,23,27H,17H2,1-3H3/t23-/m0/s1. The van der Waals surface area contributed by atoms with E-state index in [0.29, 0.717) is 12.0 Å². The molecule has 3 aromatic carbocycles. The summed E-state index contributed by atoms with van der Waals surface area (Å²) in [4.78, 5) is 12.9. The Morgan fingerprint density at radius 2 is 1.50 bits per heavy atom. The Labute approximate surface area is 166 Å². The van der Waals surface area contributed by atoms with Gasteiger partial charge < -0.3 is 5.32 Å². The van der Waals surface area contributed by atoms with Gasteiger partial charge >= 0.3 is 0 Å². The number of rotatable bonds is 6. The highest BCUT2D eigenvalue weighted by Crippen LogP contribution is 2.26. The van der Waals surface area contributed by atoms with Crippen LogP contribution in [-0.4, -0.2) is 5.78 Å². The quantitative estimate of drug-likeness (QED) is 0.495. The molecule has 3 heteroatoms. The average Bonchev–Trinajstić information content (AvgIpc) is 2.69. The molecule has 2 nitrogen and oxygen atoms in total. The summed E-state index contributed by atoms with van der Waals surface area (Å²) >= 11 is 0. The molecule has 0 aromatic heterocycles. The minimum absolute atomic E-state index is 0.0539. The first-order valence-electron chi connectivity index (χ1n) is 9.54. The molecule has 3 rings (SSSR count). The molecule has 1 N–H and O–H groups in total. The summed E-state index contributed by atoms with van der Waals surface area (Å²) in [7, 11) is 0. The summed E-state index contributed by atoms with van der Waals surface area (Å²) in [5, 5.41) is 3.37. The van der Waals surface area contributed by atoms with E-state index < -0.39 is 0 Å². The van der Waals surface area contributed by atoms with Crippen LogP contribution in [0.2, 0.25) is 0 Å². The highest BCUT2D eigenvalue weighted by atomic mass is 19.1. The maximum atomic E-state index is 13.2. The summed E-state index contributed by atoms with van der Waals surface area (Å²) in [6, 6.07) is 23.7. The molecule has 0 aliphatic heterocycles. The van der Waals surface area contributed by atoms with E-state index in [2.05, 4.69) is 26.1 Å². The van der Waals surface area contributed by atoms with Crippen LogP contribution in [0, 0.1) is 5.82 Å². The Balaban J connectivity index is 1.80. The van der Waals surface area contributed by atoms with Crippen molar-refractivity contribution in [3.05, 3.63) is 101 Å². The molecule has 0 heterocycles. The SMILES string of the molecule is CC(C)(C)c1ccc(C(=O)C[C@H](Nc2ccc(F)cc2)c2ccccc2)cc1. The van der Waals surface area contributed by atoms with Crippen LogP contribution in [0.4, 0.5) is 10.1 Å². The van der Waals surface area contributed by atoms with Crippen molar-refractivity contribution in [3.63, 3.8) is 0 Å². The van der Waals surface area contributed by atoms with Crippen LogP contribution in [0.15, 0.2) is 78.9 Å². The van der Waals surface area contributed by atoms with Crippen molar-refractivity contribution >= 4 is 11.5 Å². The molecule has 28 heavy (non-hydrogen) atoms. The number of ketones is 1. The normalized spacial score (nSPS) is 12.4. The van der Waals surface area contributed by atoms with E-state index in [-0.39, 0.29) is 23.1 Å². The maximum Gasteiger partial charge on any atom is 0.165 e. The highest BCUT2D eigenvalue weighted by Gasteiger charge is 2.19. The smallest absolute Gasteiger partial charge is 0.165 e. The number of nitrogens with one attached hydrogen (secondary N) is 1. The Kier molecular flexibility index (Phi) is 5.93. The van der Waals surface area contributed by atoms with Gasteiger partial charge in [-0.3, -0.25) is 4.79 Å². The predicted molar refractivity (Wildman–Crippen MR) is 113 cm³/mol. The highest BCUT2D eigenvalue weighted by molar-refractivity contribution is 5.96. The van der Waals surface area contributed by atoms with E-state index >= 15 is 0 Å². The van der Waals surface area contributed by atoms with Gasteiger partial charge in [0.25, 0.3) is 0 Å². The maximum absolute atomic E-state index is 13.2. The third kappa shape index (κ3) is 5.07. The Morgan fingerprint density at radius 3 is 2.07 bits per heavy atom. The number of anilines is 1. The van der Waals surface area contributed by atoms with Crippen LogP contribution in [0.1, 0.15) is 54.7 Å². The van der Waals surface area contributed by atoms with Gasteiger partial charge in [-0.25, -0.2) is 4.39 Å². The summed E-state index contributed by atoms with van der Waals surface area (Å²) < 4.78 is 13.2. The number of benzene rings is 3. The minimum Gasteiger partial charge on any atom is -0.378 e. The largest absolute Gasteiger partial charge is 0.378 e. The minimum atomic E-state index is -0.281. The molecule has 1 atom stereocenters. The number of hydrogen-bond donors (Lipinski definition) is 1. The third-order valence-electron chi connectivity index (χ3n) is 4.85. The molecule has 0 aliphatic carbocycles. The van der Waals surface area contributed by atoms with Crippen molar-refractivity contribution in [3.8, 4) is 0 Å². The molecule has 3 aromatic rings. The van der Waals surface area contributed by atoms with Gasteiger partial charge in [0.05, 0.1) is 6.04 Å². The molecule has 0 radical (unpaired) electrons. The molecular weight excluding hydrogens is 349 g/mol. The zero-order chi connectivity index (χ0) is 20.1. The molecular formula is C25H26FNO. The van der Waals surface area contributed by atoms with Crippen molar-refractivity contribution in [2.45, 2.75) is 38.6 Å². The average molecular weight is 375 g/mol. The van der Waals surface area contributed by atoms with Gasteiger partial charge in [-0.05, 0) is 40.8 Å². The molecule has 0 aliphatic rings. The summed E-state index contributed by atoms with van der Waals surface area (Å²) in [6.07, 6.45) is 0.316. The first-order valence-corrected chi connectivity index (χ1v) is 9.54. The van der Waals surface area contributed by atoms with Crippen molar-refractivity contribution in [2.24, 2.45) is 0 Å². The van der Waals surface area contributed by atoms with E-state index in [9.17, 15) is 9.18 Å². The predicted octanol–water partition coefficient (Wildman–Crippen LogP) is 6.55.